The second-order valence-corrected chi connectivity index (χ2v) is 44.0. The highest BCUT2D eigenvalue weighted by Gasteiger charge is 2.68. The van der Waals surface area contributed by atoms with Crippen LogP contribution in [0.25, 0.3) is 0 Å². The van der Waals surface area contributed by atoms with E-state index in [4.69, 9.17) is 13.6 Å². The summed E-state index contributed by atoms with van der Waals surface area (Å²) in [5, 5.41) is 3.20. The fraction of sp³-hybridized carbons (Fsp3) is 1.00. The maximum Gasteiger partial charge on any atom is 0.476 e. The topological polar surface area (TPSA) is 44.8 Å². The molecule has 56 heavy (non-hydrogen) atoms. The molecule has 0 aromatic heterocycles. The smallest absolute Gasteiger partial charge is 0.279 e. The fourth-order valence-electron chi connectivity index (χ4n) is 4.21. The molecule has 0 N–H and O–H groups in total. The van der Waals surface area contributed by atoms with Gasteiger partial charge in [0.1, 0.15) is 37.7 Å². The monoisotopic (exact) mass is 1960 g/mol. The summed E-state index contributed by atoms with van der Waals surface area (Å²) in [6.07, 6.45) is -3.07. The minimum Gasteiger partial charge on any atom is -0.279 e. The number of phosphoric acid groups is 1. The number of rotatable bonds is 24. The van der Waals surface area contributed by atoms with Crippen molar-refractivity contribution in [1.82, 2.24) is 0 Å². The van der Waals surface area contributed by atoms with Crippen LogP contribution >= 0.6 is 295 Å². The molecule has 0 aromatic rings. The molecule has 0 aromatic carbocycles. The first-order valence-electron chi connectivity index (χ1n) is 16.7. The zero-order valence-electron chi connectivity index (χ0n) is 32.9. The molecule has 0 aliphatic heterocycles. The molecule has 0 rings (SSSR count). The third kappa shape index (κ3) is 13.8. The lowest BCUT2D eigenvalue weighted by Crippen LogP contribution is -2.61. The van der Waals surface area contributed by atoms with Crippen LogP contribution in [0, 0.1) is 32.5 Å². The van der Waals surface area contributed by atoms with E-state index in [1.807, 2.05) is 0 Å². The second kappa shape index (κ2) is 22.9. The average molecular weight is 1980 g/mol. The molecule has 23 heteroatoms. The molecule has 0 radical (unpaired) electrons. The summed E-state index contributed by atoms with van der Waals surface area (Å²) in [5.41, 5.74) is -3.45. The molecular weight excluding hydrogens is 1930 g/mol. The van der Waals surface area contributed by atoms with E-state index in [2.05, 4.69) is 370 Å². The molecule has 0 saturated heterocycles. The highest BCUT2D eigenvalue weighted by atomic mass is 79.9. The molecule has 0 aliphatic rings. The zero-order chi connectivity index (χ0) is 45.6. The number of alkyl halides is 18. The van der Waals surface area contributed by atoms with Crippen LogP contribution in [0.3, 0.4) is 0 Å². The first-order valence-corrected chi connectivity index (χ1v) is 34.4. The van der Waals surface area contributed by atoms with Crippen molar-refractivity contribution in [3.63, 3.8) is 0 Å². The zero-order valence-corrected chi connectivity index (χ0v) is 62.3. The van der Waals surface area contributed by atoms with Crippen molar-refractivity contribution in [3.05, 3.63) is 0 Å². The van der Waals surface area contributed by atoms with E-state index in [0.29, 0.717) is 32.0 Å². The molecule has 0 amide bonds. The van der Waals surface area contributed by atoms with Gasteiger partial charge in [-0.25, -0.2) is 4.57 Å². The van der Waals surface area contributed by atoms with Gasteiger partial charge in [-0.15, -0.1) is 0 Å². The molecule has 0 unspecified atom stereocenters. The van der Waals surface area contributed by atoms with Gasteiger partial charge in [0.2, 0.25) is 0 Å². The summed E-state index contributed by atoms with van der Waals surface area (Å²) < 4.78 is 32.1. The van der Waals surface area contributed by atoms with Crippen molar-refractivity contribution in [3.8, 4) is 0 Å². The molecule has 0 atom stereocenters. The van der Waals surface area contributed by atoms with Crippen molar-refractivity contribution in [1.29, 1.82) is 0 Å². The van der Waals surface area contributed by atoms with Crippen LogP contribution in [0.1, 0.15) is 83.1 Å². The summed E-state index contributed by atoms with van der Waals surface area (Å²) in [7, 11) is -4.90. The Morgan fingerprint density at radius 2 is 0.429 bits per heavy atom. The largest absolute Gasteiger partial charge is 0.476 e. The Balaban J connectivity index is 9.08. The Labute approximate surface area is 489 Å². The summed E-state index contributed by atoms with van der Waals surface area (Å²) in [6.45, 7) is 24.8. The van der Waals surface area contributed by atoms with Gasteiger partial charge in [0, 0.05) is 64.5 Å². The molecule has 4 nitrogen and oxygen atoms in total. The van der Waals surface area contributed by atoms with E-state index in [1.54, 1.807) is 0 Å². The Kier molecular flexibility index (Phi) is 26.5. The minimum absolute atomic E-state index is 0.534. The highest BCUT2D eigenvalue weighted by molar-refractivity contribution is 9.27. The van der Waals surface area contributed by atoms with Gasteiger partial charge in [-0.1, -0.05) is 370 Å². The van der Waals surface area contributed by atoms with E-state index >= 15 is 4.57 Å². The van der Waals surface area contributed by atoms with Gasteiger partial charge in [-0.2, -0.15) is 0 Å². The Morgan fingerprint density at radius 1 is 0.321 bits per heavy atom. The fourth-order valence-corrected chi connectivity index (χ4v) is 25.6. The summed E-state index contributed by atoms with van der Waals surface area (Å²) >= 11 is 71.1. The molecular formula is C33H51Br18O4P. The van der Waals surface area contributed by atoms with Gasteiger partial charge in [-0.05, 0) is 0 Å². The number of phosphoric ester groups is 1. The maximum atomic E-state index is 16.8. The lowest BCUT2D eigenvalue weighted by molar-refractivity contribution is -0.0167. The van der Waals surface area contributed by atoms with Crippen molar-refractivity contribution in [2.75, 3.05) is 32.0 Å². The average Bonchev–Trinajstić information content (AvgIpc) is 3.07. The molecule has 338 valence electrons. The standard InChI is InChI=1S/C33H51Br18O4P/c1-22(2,13-34)28(40,41)19(29(42,43)23(3,4)14-35)53-56(52,54-20(30(44,45)24(5,6)15-36)31(46,47)25(7,8)16-37)55-21(32(48,49)26(9,10)17-38)33(50,51)27(11,12)18-39/h19-21H,13-18H2,1-12H3. The predicted octanol–water partition coefficient (Wildman–Crippen LogP) is 20.7. The van der Waals surface area contributed by atoms with Crippen molar-refractivity contribution >= 4 is 295 Å². The SMILES string of the molecule is CC(C)(CBr)C(Br)(Br)C(OP(=O)(OC(C(Br)(Br)C(C)(C)CBr)C(Br)(Br)C(C)(C)CBr)OC(C(Br)(Br)C(C)(C)CBr)C(Br)(Br)C(C)(C)CBr)C(Br)(Br)C(C)(C)CBr. The number of hydrogen-bond acceptors (Lipinski definition) is 4. The first-order chi connectivity index (χ1) is 24.4. The van der Waals surface area contributed by atoms with Gasteiger partial charge >= 0.3 is 7.82 Å². The van der Waals surface area contributed by atoms with E-state index in [0.717, 1.165) is 0 Å². The second-order valence-electron chi connectivity index (χ2n) is 17.7. The summed E-state index contributed by atoms with van der Waals surface area (Å²) in [4.78, 5) is 0. The molecule has 0 fully saturated rings. The van der Waals surface area contributed by atoms with Gasteiger partial charge in [0.05, 0.1) is 0 Å². The molecule has 0 aliphatic carbocycles. The highest BCUT2D eigenvalue weighted by Crippen LogP contribution is 2.72. The molecule has 0 bridgehead atoms. The Morgan fingerprint density at radius 3 is 0.518 bits per heavy atom. The van der Waals surface area contributed by atoms with Crippen LogP contribution in [0.15, 0.2) is 0 Å². The van der Waals surface area contributed by atoms with Crippen LogP contribution in [-0.4, -0.2) is 69.7 Å². The van der Waals surface area contributed by atoms with Gasteiger partial charge < -0.3 is 0 Å². The third-order valence-corrected chi connectivity index (χ3v) is 37.8. The third-order valence-electron chi connectivity index (χ3n) is 10.1. The Hall–Kier alpha value is 8.75. The van der Waals surface area contributed by atoms with E-state index in [-0.39, 0.29) is 0 Å². The summed E-state index contributed by atoms with van der Waals surface area (Å²) in [5.74, 6) is 0. The van der Waals surface area contributed by atoms with Crippen LogP contribution < -0.4 is 0 Å². The van der Waals surface area contributed by atoms with Crippen LogP contribution in [0.4, 0.5) is 0 Å². The van der Waals surface area contributed by atoms with Gasteiger partial charge in [0.15, 0.2) is 0 Å². The lowest BCUT2D eigenvalue weighted by Gasteiger charge is -2.55. The lowest BCUT2D eigenvalue weighted by atomic mass is 9.81. The van der Waals surface area contributed by atoms with Crippen molar-refractivity contribution in [2.45, 2.75) is 121 Å². The Bertz CT molecular complexity index is 1110. The molecule has 0 spiro atoms. The van der Waals surface area contributed by atoms with Crippen LogP contribution in [0.2, 0.25) is 0 Å². The molecule has 0 heterocycles. The van der Waals surface area contributed by atoms with Crippen molar-refractivity contribution in [2.24, 2.45) is 32.5 Å². The van der Waals surface area contributed by atoms with Gasteiger partial charge in [0.25, 0.3) is 0 Å². The molecule has 0 saturated carbocycles. The quantitative estimate of drug-likeness (QED) is 0.0714. The summed E-state index contributed by atoms with van der Waals surface area (Å²) in [6, 6.07) is 0. The predicted molar refractivity (Wildman–Crippen MR) is 311 cm³/mol. The van der Waals surface area contributed by atoms with Crippen LogP contribution in [-0.2, 0) is 18.1 Å². The first kappa shape index (κ1) is 64.8. The minimum atomic E-state index is -4.90. The normalized spacial score (nSPS) is 16.2. The van der Waals surface area contributed by atoms with Gasteiger partial charge in [-0.3, -0.25) is 13.6 Å². The van der Waals surface area contributed by atoms with Crippen LogP contribution in [0.5, 0.6) is 0 Å². The number of halogens is 18. The van der Waals surface area contributed by atoms with Crippen molar-refractivity contribution < 1.29 is 18.1 Å². The number of hydrogen-bond donors (Lipinski definition) is 0. The van der Waals surface area contributed by atoms with E-state index < -0.39 is 78.0 Å². The maximum absolute atomic E-state index is 16.8. The van der Waals surface area contributed by atoms with E-state index in [9.17, 15) is 0 Å². The van der Waals surface area contributed by atoms with E-state index in [1.165, 1.54) is 0 Å².